The van der Waals surface area contributed by atoms with Crippen molar-refractivity contribution in [3.8, 4) is 11.5 Å². The van der Waals surface area contributed by atoms with Crippen LogP contribution in [0.4, 0.5) is 0 Å². The third-order valence-corrected chi connectivity index (χ3v) is 4.08. The number of carbonyl (C=O) groups excluding carboxylic acids is 1. The Labute approximate surface area is 158 Å². The molecule has 2 rings (SSSR count). The van der Waals surface area contributed by atoms with Crippen molar-refractivity contribution < 1.29 is 24.2 Å². The highest BCUT2D eigenvalue weighted by Crippen LogP contribution is 2.34. The van der Waals surface area contributed by atoms with Crippen LogP contribution in [-0.4, -0.2) is 31.2 Å². The number of carboxylic acid groups (broad SMARTS) is 1. The van der Waals surface area contributed by atoms with Crippen LogP contribution in [0.3, 0.4) is 0 Å². The van der Waals surface area contributed by atoms with Crippen LogP contribution in [-0.2, 0) is 4.79 Å². The maximum absolute atomic E-state index is 12.2. The van der Waals surface area contributed by atoms with E-state index in [4.69, 9.17) is 9.47 Å². The summed E-state index contributed by atoms with van der Waals surface area (Å²) in [5.74, 6) is -0.705. The Kier molecular flexibility index (Phi) is 6.40. The van der Waals surface area contributed by atoms with Crippen molar-refractivity contribution in [1.29, 1.82) is 0 Å². The van der Waals surface area contributed by atoms with Gasteiger partial charge in [0.25, 0.3) is 5.91 Å². The van der Waals surface area contributed by atoms with E-state index in [-0.39, 0.29) is 5.70 Å². The van der Waals surface area contributed by atoms with E-state index in [1.807, 2.05) is 0 Å². The third-order valence-electron chi connectivity index (χ3n) is 3.28. The molecule has 1 amide bonds. The first-order valence-electron chi connectivity index (χ1n) is 7.19. The van der Waals surface area contributed by atoms with E-state index >= 15 is 0 Å². The van der Waals surface area contributed by atoms with E-state index in [1.165, 1.54) is 20.3 Å². The lowest BCUT2D eigenvalue weighted by molar-refractivity contribution is -0.132. The lowest BCUT2D eigenvalue weighted by atomic mass is 10.1. The number of hydrogen-bond donors (Lipinski definition) is 2. The maximum atomic E-state index is 12.2. The van der Waals surface area contributed by atoms with E-state index in [9.17, 15) is 14.7 Å². The molecule has 25 heavy (non-hydrogen) atoms. The van der Waals surface area contributed by atoms with Gasteiger partial charge in [0.1, 0.15) is 5.70 Å². The highest BCUT2D eigenvalue weighted by atomic mass is 127. The fourth-order valence-electron chi connectivity index (χ4n) is 2.12. The van der Waals surface area contributed by atoms with Gasteiger partial charge in [0.2, 0.25) is 0 Å². The van der Waals surface area contributed by atoms with Gasteiger partial charge in [-0.15, -0.1) is 0 Å². The summed E-state index contributed by atoms with van der Waals surface area (Å²) in [6.45, 7) is 0. The van der Waals surface area contributed by atoms with Crippen LogP contribution in [0.15, 0.2) is 48.2 Å². The molecule has 130 valence electrons. The molecule has 0 bridgehead atoms. The number of halogens is 1. The first kappa shape index (κ1) is 18.8. The SMILES string of the molecule is COc1cc(/C=C(/NC(=O)c2ccccc2)C(=O)O)cc(I)c1OC. The largest absolute Gasteiger partial charge is 0.493 e. The van der Waals surface area contributed by atoms with E-state index in [0.717, 1.165) is 3.57 Å². The Morgan fingerprint density at radius 1 is 1.12 bits per heavy atom. The zero-order chi connectivity index (χ0) is 18.4. The van der Waals surface area contributed by atoms with Gasteiger partial charge >= 0.3 is 5.97 Å². The number of benzene rings is 2. The number of aliphatic carboxylic acids is 1. The lowest BCUT2D eigenvalue weighted by Crippen LogP contribution is -2.27. The van der Waals surface area contributed by atoms with Crippen LogP contribution >= 0.6 is 22.6 Å². The Balaban J connectivity index is 2.36. The molecule has 0 aliphatic carbocycles. The van der Waals surface area contributed by atoms with Crippen molar-refractivity contribution in [2.75, 3.05) is 14.2 Å². The normalized spacial score (nSPS) is 10.9. The molecule has 0 saturated carbocycles. The predicted molar refractivity (Wildman–Crippen MR) is 102 cm³/mol. The summed E-state index contributed by atoms with van der Waals surface area (Å²) in [5, 5.41) is 11.8. The Bertz CT molecular complexity index is 818. The summed E-state index contributed by atoms with van der Waals surface area (Å²) in [6.07, 6.45) is 1.37. The van der Waals surface area contributed by atoms with E-state index in [2.05, 4.69) is 27.9 Å². The minimum Gasteiger partial charge on any atom is -0.493 e. The zero-order valence-corrected chi connectivity index (χ0v) is 15.7. The van der Waals surface area contributed by atoms with Gasteiger partial charge in [-0.25, -0.2) is 4.79 Å². The number of hydrogen-bond acceptors (Lipinski definition) is 4. The summed E-state index contributed by atoms with van der Waals surface area (Å²) in [4.78, 5) is 23.7. The molecule has 0 aliphatic rings. The highest BCUT2D eigenvalue weighted by molar-refractivity contribution is 14.1. The third kappa shape index (κ3) is 4.72. The monoisotopic (exact) mass is 453 g/mol. The number of ether oxygens (including phenoxy) is 2. The second-order valence-electron chi connectivity index (χ2n) is 4.92. The van der Waals surface area contributed by atoms with Crippen molar-refractivity contribution in [3.05, 3.63) is 62.9 Å². The molecule has 0 fully saturated rings. The molecule has 2 aromatic carbocycles. The smallest absolute Gasteiger partial charge is 0.352 e. The number of rotatable bonds is 6. The minimum absolute atomic E-state index is 0.239. The van der Waals surface area contributed by atoms with Crippen molar-refractivity contribution in [1.82, 2.24) is 5.32 Å². The van der Waals surface area contributed by atoms with E-state index < -0.39 is 11.9 Å². The van der Waals surface area contributed by atoms with Gasteiger partial charge in [0.15, 0.2) is 11.5 Å². The van der Waals surface area contributed by atoms with Crippen LogP contribution < -0.4 is 14.8 Å². The number of carboxylic acids is 1. The molecule has 0 saturated heterocycles. The molecule has 0 atom stereocenters. The van der Waals surface area contributed by atoms with Crippen LogP contribution in [0.5, 0.6) is 11.5 Å². The van der Waals surface area contributed by atoms with Gasteiger partial charge in [-0.3, -0.25) is 4.79 Å². The average Bonchev–Trinajstić information content (AvgIpc) is 2.61. The molecule has 0 aliphatic heterocycles. The summed E-state index contributed by atoms with van der Waals surface area (Å²) in [6, 6.07) is 11.8. The Hall–Kier alpha value is -2.55. The van der Waals surface area contributed by atoms with Crippen molar-refractivity contribution in [2.24, 2.45) is 0 Å². The first-order chi connectivity index (χ1) is 12.0. The maximum Gasteiger partial charge on any atom is 0.352 e. The van der Waals surface area contributed by atoms with E-state index in [1.54, 1.807) is 42.5 Å². The fraction of sp³-hybridized carbons (Fsp3) is 0.111. The molecule has 0 radical (unpaired) electrons. The molecular formula is C18H16INO5. The zero-order valence-electron chi connectivity index (χ0n) is 13.6. The summed E-state index contributed by atoms with van der Waals surface area (Å²) in [5.41, 5.74) is 0.696. The predicted octanol–water partition coefficient (Wildman–Crippen LogP) is 3.16. The molecule has 6 nitrogen and oxygen atoms in total. The van der Waals surface area contributed by atoms with Crippen LogP contribution in [0.2, 0.25) is 0 Å². The second-order valence-corrected chi connectivity index (χ2v) is 6.08. The number of nitrogens with one attached hydrogen (secondary N) is 1. The summed E-state index contributed by atoms with van der Waals surface area (Å²) >= 11 is 2.06. The standard InChI is InChI=1S/C18H16INO5/c1-24-15-10-11(8-13(19)16(15)25-2)9-14(18(22)23)20-17(21)12-6-4-3-5-7-12/h3-10H,1-2H3,(H,20,21)(H,22,23)/b14-9+. The fourth-order valence-corrected chi connectivity index (χ4v) is 2.97. The summed E-state index contributed by atoms with van der Waals surface area (Å²) < 4.78 is 11.3. The molecule has 0 spiro atoms. The quantitative estimate of drug-likeness (QED) is 0.519. The minimum atomic E-state index is -1.24. The molecule has 0 heterocycles. The van der Waals surface area contributed by atoms with E-state index in [0.29, 0.717) is 22.6 Å². The number of carbonyl (C=O) groups is 2. The second kappa shape index (κ2) is 8.52. The van der Waals surface area contributed by atoms with Gasteiger partial charge in [-0.05, 0) is 58.5 Å². The molecule has 2 aromatic rings. The molecule has 0 aromatic heterocycles. The highest BCUT2D eigenvalue weighted by Gasteiger charge is 2.15. The van der Waals surface area contributed by atoms with Crippen molar-refractivity contribution in [2.45, 2.75) is 0 Å². The molecule has 7 heteroatoms. The van der Waals surface area contributed by atoms with Gasteiger partial charge in [-0.2, -0.15) is 0 Å². The average molecular weight is 453 g/mol. The van der Waals surface area contributed by atoms with Crippen LogP contribution in [0, 0.1) is 3.57 Å². The Morgan fingerprint density at radius 2 is 1.80 bits per heavy atom. The van der Waals surface area contributed by atoms with Crippen LogP contribution in [0.25, 0.3) is 6.08 Å². The summed E-state index contributed by atoms with van der Waals surface area (Å²) in [7, 11) is 3.02. The Morgan fingerprint density at radius 3 is 2.36 bits per heavy atom. The molecule has 0 unspecified atom stereocenters. The number of methoxy groups -OCH3 is 2. The number of amides is 1. The van der Waals surface area contributed by atoms with Crippen molar-refractivity contribution >= 4 is 40.5 Å². The molecule has 2 N–H and O–H groups in total. The van der Waals surface area contributed by atoms with Gasteiger partial charge in [-0.1, -0.05) is 18.2 Å². The van der Waals surface area contributed by atoms with Gasteiger partial charge in [0, 0.05) is 5.56 Å². The van der Waals surface area contributed by atoms with Gasteiger partial charge < -0.3 is 19.9 Å². The first-order valence-corrected chi connectivity index (χ1v) is 8.27. The lowest BCUT2D eigenvalue weighted by Gasteiger charge is -2.11. The van der Waals surface area contributed by atoms with Crippen molar-refractivity contribution in [3.63, 3.8) is 0 Å². The van der Waals surface area contributed by atoms with Gasteiger partial charge in [0.05, 0.1) is 17.8 Å². The topological polar surface area (TPSA) is 84.9 Å². The van der Waals surface area contributed by atoms with Crippen LogP contribution in [0.1, 0.15) is 15.9 Å². The molecular weight excluding hydrogens is 437 g/mol.